The van der Waals surface area contributed by atoms with Gasteiger partial charge in [0.1, 0.15) is 0 Å². The zero-order valence-corrected chi connectivity index (χ0v) is 12.5. The van der Waals surface area contributed by atoms with E-state index in [1.54, 1.807) is 0 Å². The molecule has 3 N–H and O–H groups in total. The van der Waals surface area contributed by atoms with Gasteiger partial charge in [-0.15, -0.1) is 0 Å². The molecule has 0 aliphatic rings. The number of aryl methyl sites for hydroxylation is 1. The maximum absolute atomic E-state index is 11.9. The summed E-state index contributed by atoms with van der Waals surface area (Å²) >= 11 is 0. The van der Waals surface area contributed by atoms with Crippen LogP contribution in [0.15, 0.2) is 24.3 Å². The third-order valence-corrected chi connectivity index (χ3v) is 2.97. The van der Waals surface area contributed by atoms with Gasteiger partial charge >= 0.3 is 0 Å². The minimum absolute atomic E-state index is 0.0130. The van der Waals surface area contributed by atoms with Gasteiger partial charge in [-0.05, 0) is 36.0 Å². The van der Waals surface area contributed by atoms with Crippen molar-refractivity contribution in [3.8, 4) is 0 Å². The Morgan fingerprint density at radius 1 is 1.26 bits per heavy atom. The van der Waals surface area contributed by atoms with E-state index in [4.69, 9.17) is 5.73 Å². The first-order valence-corrected chi connectivity index (χ1v) is 6.94. The molecule has 1 rings (SSSR count). The predicted molar refractivity (Wildman–Crippen MR) is 81.1 cm³/mol. The lowest BCUT2D eigenvalue weighted by Crippen LogP contribution is -2.31. The Morgan fingerprint density at radius 3 is 2.32 bits per heavy atom. The molecule has 0 aliphatic carbocycles. The molecule has 3 heteroatoms. The second kappa shape index (κ2) is 6.71. The number of carbonyl (C=O) groups excluding carboxylic acids is 1. The number of hydrogen-bond acceptors (Lipinski definition) is 2. The molecule has 1 unspecified atom stereocenters. The molecular weight excluding hydrogens is 236 g/mol. The number of benzene rings is 1. The molecule has 0 aliphatic heterocycles. The fraction of sp³-hybridized carbons (Fsp3) is 0.562. The molecule has 3 nitrogen and oxygen atoms in total. The van der Waals surface area contributed by atoms with Crippen LogP contribution in [-0.4, -0.2) is 11.9 Å². The van der Waals surface area contributed by atoms with Crippen LogP contribution < -0.4 is 11.1 Å². The van der Waals surface area contributed by atoms with Crippen molar-refractivity contribution in [1.82, 2.24) is 0 Å². The summed E-state index contributed by atoms with van der Waals surface area (Å²) in [4.78, 5) is 11.9. The number of nitrogens with one attached hydrogen (secondary N) is 1. The molecule has 106 valence electrons. The minimum atomic E-state index is -0.0880. The van der Waals surface area contributed by atoms with Gasteiger partial charge in [-0.3, -0.25) is 4.79 Å². The summed E-state index contributed by atoms with van der Waals surface area (Å²) in [7, 11) is 0. The Bertz CT molecular complexity index is 404. The molecule has 0 fully saturated rings. The van der Waals surface area contributed by atoms with E-state index in [-0.39, 0.29) is 17.4 Å². The van der Waals surface area contributed by atoms with Crippen molar-refractivity contribution in [2.45, 2.75) is 53.0 Å². The Morgan fingerprint density at radius 2 is 1.84 bits per heavy atom. The topological polar surface area (TPSA) is 55.1 Å². The Hall–Kier alpha value is -1.35. The van der Waals surface area contributed by atoms with Gasteiger partial charge in [0.15, 0.2) is 0 Å². The fourth-order valence-electron chi connectivity index (χ4n) is 2.13. The van der Waals surface area contributed by atoms with Crippen LogP contribution in [0.3, 0.4) is 0 Å². The summed E-state index contributed by atoms with van der Waals surface area (Å²) in [5, 5.41) is 2.89. The van der Waals surface area contributed by atoms with E-state index in [2.05, 4.69) is 33.0 Å². The van der Waals surface area contributed by atoms with Gasteiger partial charge in [-0.25, -0.2) is 0 Å². The van der Waals surface area contributed by atoms with Crippen molar-refractivity contribution in [1.29, 1.82) is 0 Å². The Labute approximate surface area is 116 Å². The molecule has 1 atom stereocenters. The lowest BCUT2D eigenvalue weighted by molar-refractivity contribution is -0.116. The second-order valence-corrected chi connectivity index (χ2v) is 6.33. The largest absolute Gasteiger partial charge is 0.327 e. The van der Waals surface area contributed by atoms with Gasteiger partial charge in [0.25, 0.3) is 0 Å². The molecule has 1 amide bonds. The van der Waals surface area contributed by atoms with Crippen LogP contribution in [-0.2, 0) is 11.2 Å². The predicted octanol–water partition coefficient (Wildman–Crippen LogP) is 3.34. The Balaban J connectivity index is 2.46. The third-order valence-electron chi connectivity index (χ3n) is 2.97. The maximum atomic E-state index is 11.9. The van der Waals surface area contributed by atoms with Gasteiger partial charge in [-0.1, -0.05) is 39.8 Å². The average molecular weight is 262 g/mol. The molecule has 0 spiro atoms. The van der Waals surface area contributed by atoms with Crippen LogP contribution in [0.1, 0.15) is 46.1 Å². The normalized spacial score (nSPS) is 13.1. The Kier molecular flexibility index (Phi) is 5.55. The summed E-state index contributed by atoms with van der Waals surface area (Å²) in [6, 6.07) is 7.85. The summed E-state index contributed by atoms with van der Waals surface area (Å²) in [6.45, 7) is 8.51. The fourth-order valence-corrected chi connectivity index (χ4v) is 2.13. The molecule has 0 aromatic heterocycles. The SMILES string of the molecule is CCc1ccc(NC(=O)CC(N)CC(C)(C)C)cc1. The van der Waals surface area contributed by atoms with E-state index in [9.17, 15) is 4.79 Å². The number of hydrogen-bond donors (Lipinski definition) is 2. The first-order valence-electron chi connectivity index (χ1n) is 6.94. The van der Waals surface area contributed by atoms with Crippen LogP contribution in [0.2, 0.25) is 0 Å². The number of nitrogens with two attached hydrogens (primary N) is 1. The van der Waals surface area contributed by atoms with E-state index >= 15 is 0 Å². The van der Waals surface area contributed by atoms with Crippen LogP contribution in [0, 0.1) is 5.41 Å². The van der Waals surface area contributed by atoms with Crippen molar-refractivity contribution in [2.24, 2.45) is 11.1 Å². The van der Waals surface area contributed by atoms with E-state index < -0.39 is 0 Å². The minimum Gasteiger partial charge on any atom is -0.327 e. The molecule has 1 aromatic carbocycles. The summed E-state index contributed by atoms with van der Waals surface area (Å²) in [6.07, 6.45) is 2.21. The summed E-state index contributed by atoms with van der Waals surface area (Å²) < 4.78 is 0. The highest BCUT2D eigenvalue weighted by Crippen LogP contribution is 2.21. The molecule has 0 bridgehead atoms. The zero-order valence-electron chi connectivity index (χ0n) is 12.5. The van der Waals surface area contributed by atoms with Crippen molar-refractivity contribution >= 4 is 11.6 Å². The second-order valence-electron chi connectivity index (χ2n) is 6.33. The van der Waals surface area contributed by atoms with Gasteiger partial charge in [-0.2, -0.15) is 0 Å². The van der Waals surface area contributed by atoms with Gasteiger partial charge in [0.2, 0.25) is 5.91 Å². The zero-order chi connectivity index (χ0) is 14.5. The van der Waals surface area contributed by atoms with E-state index in [1.165, 1.54) is 5.56 Å². The summed E-state index contributed by atoms with van der Waals surface area (Å²) in [5.74, 6) is -0.0130. The molecule has 0 saturated carbocycles. The lowest BCUT2D eigenvalue weighted by Gasteiger charge is -2.22. The first-order chi connectivity index (χ1) is 8.80. The standard InChI is InChI=1S/C16H26N2O/c1-5-12-6-8-14(9-7-12)18-15(19)10-13(17)11-16(2,3)4/h6-9,13H,5,10-11,17H2,1-4H3,(H,18,19). The molecule has 0 saturated heterocycles. The molecular formula is C16H26N2O. The van der Waals surface area contributed by atoms with Crippen LogP contribution in [0.5, 0.6) is 0 Å². The van der Waals surface area contributed by atoms with E-state index in [0.717, 1.165) is 18.5 Å². The highest BCUT2D eigenvalue weighted by molar-refractivity contribution is 5.91. The number of amides is 1. The highest BCUT2D eigenvalue weighted by atomic mass is 16.1. The average Bonchev–Trinajstić information content (AvgIpc) is 2.27. The van der Waals surface area contributed by atoms with Gasteiger partial charge in [0.05, 0.1) is 0 Å². The van der Waals surface area contributed by atoms with E-state index in [0.29, 0.717) is 6.42 Å². The molecule has 0 radical (unpaired) electrons. The van der Waals surface area contributed by atoms with Gasteiger partial charge < -0.3 is 11.1 Å². The maximum Gasteiger partial charge on any atom is 0.225 e. The van der Waals surface area contributed by atoms with Crippen molar-refractivity contribution in [3.63, 3.8) is 0 Å². The molecule has 0 heterocycles. The van der Waals surface area contributed by atoms with Crippen LogP contribution in [0.25, 0.3) is 0 Å². The number of carbonyl (C=O) groups is 1. The van der Waals surface area contributed by atoms with Crippen molar-refractivity contribution in [2.75, 3.05) is 5.32 Å². The van der Waals surface area contributed by atoms with Crippen LogP contribution >= 0.6 is 0 Å². The third kappa shape index (κ3) is 6.39. The van der Waals surface area contributed by atoms with E-state index in [1.807, 2.05) is 24.3 Å². The smallest absolute Gasteiger partial charge is 0.225 e. The summed E-state index contributed by atoms with van der Waals surface area (Å²) in [5.41, 5.74) is 8.26. The van der Waals surface area contributed by atoms with Gasteiger partial charge in [0, 0.05) is 18.2 Å². The van der Waals surface area contributed by atoms with Crippen molar-refractivity contribution in [3.05, 3.63) is 29.8 Å². The first kappa shape index (κ1) is 15.7. The number of anilines is 1. The molecule has 1 aromatic rings. The van der Waals surface area contributed by atoms with Crippen LogP contribution in [0.4, 0.5) is 5.69 Å². The number of rotatable bonds is 5. The van der Waals surface area contributed by atoms with Crippen molar-refractivity contribution < 1.29 is 4.79 Å². The molecule has 19 heavy (non-hydrogen) atoms. The highest BCUT2D eigenvalue weighted by Gasteiger charge is 2.18. The quantitative estimate of drug-likeness (QED) is 0.855. The monoisotopic (exact) mass is 262 g/mol. The lowest BCUT2D eigenvalue weighted by atomic mass is 9.87.